The standard InChI is InChI=1S/C12H18N2O3/c1-3-14-7-11(15)8-4-5-10(13)9(6-8)12(16)17-2/h4-6,11,14-15H,3,7,13H2,1-2H3. The SMILES string of the molecule is CCNCC(O)c1ccc(N)c(C(=O)OC)c1. The summed E-state index contributed by atoms with van der Waals surface area (Å²) in [5.41, 5.74) is 6.93. The Kier molecular flexibility index (Phi) is 4.93. The Balaban J connectivity index is 2.91. The molecule has 0 heterocycles. The summed E-state index contributed by atoms with van der Waals surface area (Å²) in [6, 6.07) is 4.85. The van der Waals surface area contributed by atoms with Crippen molar-refractivity contribution >= 4 is 11.7 Å². The van der Waals surface area contributed by atoms with E-state index in [-0.39, 0.29) is 5.56 Å². The molecule has 0 aliphatic carbocycles. The number of ether oxygens (including phenoxy) is 1. The van der Waals surface area contributed by atoms with E-state index < -0.39 is 12.1 Å². The van der Waals surface area contributed by atoms with E-state index in [1.165, 1.54) is 7.11 Å². The van der Waals surface area contributed by atoms with Crippen molar-refractivity contribution < 1.29 is 14.6 Å². The lowest BCUT2D eigenvalue weighted by atomic mass is 10.0. The second-order valence-corrected chi connectivity index (χ2v) is 3.66. The number of carbonyl (C=O) groups excluding carboxylic acids is 1. The Morgan fingerprint density at radius 1 is 1.59 bits per heavy atom. The van der Waals surface area contributed by atoms with Gasteiger partial charge in [0.2, 0.25) is 0 Å². The van der Waals surface area contributed by atoms with Crippen molar-refractivity contribution in [2.24, 2.45) is 0 Å². The first-order valence-corrected chi connectivity index (χ1v) is 5.46. The van der Waals surface area contributed by atoms with Crippen LogP contribution in [0.1, 0.15) is 28.9 Å². The first kappa shape index (κ1) is 13.5. The van der Waals surface area contributed by atoms with Crippen LogP contribution in [0.5, 0.6) is 0 Å². The summed E-state index contributed by atoms with van der Waals surface area (Å²) >= 11 is 0. The monoisotopic (exact) mass is 238 g/mol. The number of anilines is 1. The van der Waals surface area contributed by atoms with Gasteiger partial charge >= 0.3 is 5.97 Å². The highest BCUT2D eigenvalue weighted by atomic mass is 16.5. The maximum atomic E-state index is 11.4. The Morgan fingerprint density at radius 3 is 2.88 bits per heavy atom. The van der Waals surface area contributed by atoms with Crippen LogP contribution in [0.4, 0.5) is 5.69 Å². The Hall–Kier alpha value is -1.59. The summed E-state index contributed by atoms with van der Waals surface area (Å²) in [6.07, 6.45) is -0.668. The molecule has 0 aromatic heterocycles. The first-order chi connectivity index (χ1) is 8.10. The number of esters is 1. The van der Waals surface area contributed by atoms with Crippen LogP contribution in [0, 0.1) is 0 Å². The summed E-state index contributed by atoms with van der Waals surface area (Å²) in [5.74, 6) is -0.500. The number of methoxy groups -OCH3 is 1. The van der Waals surface area contributed by atoms with Crippen molar-refractivity contribution in [1.29, 1.82) is 0 Å². The molecule has 0 spiro atoms. The van der Waals surface area contributed by atoms with Gasteiger partial charge in [0, 0.05) is 12.2 Å². The molecule has 1 atom stereocenters. The summed E-state index contributed by atoms with van der Waals surface area (Å²) in [7, 11) is 1.30. The van der Waals surface area contributed by atoms with E-state index in [1.54, 1.807) is 18.2 Å². The minimum Gasteiger partial charge on any atom is -0.465 e. The zero-order chi connectivity index (χ0) is 12.8. The molecule has 5 heteroatoms. The van der Waals surface area contributed by atoms with E-state index >= 15 is 0 Å². The van der Waals surface area contributed by atoms with Crippen LogP contribution >= 0.6 is 0 Å². The molecule has 17 heavy (non-hydrogen) atoms. The van der Waals surface area contributed by atoms with Crippen LogP contribution < -0.4 is 11.1 Å². The van der Waals surface area contributed by atoms with Gasteiger partial charge in [-0.2, -0.15) is 0 Å². The number of aliphatic hydroxyl groups is 1. The van der Waals surface area contributed by atoms with E-state index in [0.29, 0.717) is 17.8 Å². The van der Waals surface area contributed by atoms with Crippen LogP contribution in [0.2, 0.25) is 0 Å². The van der Waals surface area contributed by atoms with Gasteiger partial charge in [-0.3, -0.25) is 0 Å². The number of nitrogen functional groups attached to an aromatic ring is 1. The van der Waals surface area contributed by atoms with Crippen molar-refractivity contribution in [3.63, 3.8) is 0 Å². The number of nitrogens with two attached hydrogens (primary N) is 1. The fourth-order valence-corrected chi connectivity index (χ4v) is 1.47. The van der Waals surface area contributed by atoms with Crippen LogP contribution in [0.3, 0.4) is 0 Å². The van der Waals surface area contributed by atoms with Crippen molar-refractivity contribution in [2.75, 3.05) is 25.9 Å². The topological polar surface area (TPSA) is 84.6 Å². The van der Waals surface area contributed by atoms with E-state index in [2.05, 4.69) is 10.1 Å². The highest BCUT2D eigenvalue weighted by molar-refractivity contribution is 5.95. The third-order valence-corrected chi connectivity index (χ3v) is 2.46. The number of likely N-dealkylation sites (N-methyl/N-ethyl adjacent to an activating group) is 1. The lowest BCUT2D eigenvalue weighted by Crippen LogP contribution is -2.21. The second kappa shape index (κ2) is 6.22. The van der Waals surface area contributed by atoms with Gasteiger partial charge in [-0.25, -0.2) is 4.79 Å². The number of rotatable bonds is 5. The Morgan fingerprint density at radius 2 is 2.29 bits per heavy atom. The Labute approximate surface area is 101 Å². The predicted molar refractivity (Wildman–Crippen MR) is 65.7 cm³/mol. The van der Waals surface area contributed by atoms with Crippen LogP contribution in [-0.2, 0) is 4.74 Å². The lowest BCUT2D eigenvalue weighted by Gasteiger charge is -2.13. The molecule has 0 amide bonds. The van der Waals surface area contributed by atoms with Gasteiger partial charge in [0.1, 0.15) is 0 Å². The van der Waals surface area contributed by atoms with Crippen molar-refractivity contribution in [1.82, 2.24) is 5.32 Å². The minimum atomic E-state index is -0.668. The molecule has 5 nitrogen and oxygen atoms in total. The molecular weight excluding hydrogens is 220 g/mol. The average molecular weight is 238 g/mol. The lowest BCUT2D eigenvalue weighted by molar-refractivity contribution is 0.0601. The fraction of sp³-hybridized carbons (Fsp3) is 0.417. The maximum Gasteiger partial charge on any atom is 0.339 e. The van der Waals surface area contributed by atoms with E-state index in [4.69, 9.17) is 5.73 Å². The zero-order valence-corrected chi connectivity index (χ0v) is 10.1. The van der Waals surface area contributed by atoms with Gasteiger partial charge in [-0.15, -0.1) is 0 Å². The van der Waals surface area contributed by atoms with Crippen molar-refractivity contribution in [3.05, 3.63) is 29.3 Å². The summed E-state index contributed by atoms with van der Waals surface area (Å²) in [4.78, 5) is 11.4. The van der Waals surface area contributed by atoms with Gasteiger partial charge in [0.15, 0.2) is 0 Å². The molecule has 0 saturated carbocycles. The van der Waals surface area contributed by atoms with E-state index in [9.17, 15) is 9.90 Å². The molecule has 0 saturated heterocycles. The molecule has 1 aromatic rings. The van der Waals surface area contributed by atoms with Gasteiger partial charge in [-0.1, -0.05) is 13.0 Å². The molecule has 4 N–H and O–H groups in total. The van der Waals surface area contributed by atoms with Gasteiger partial charge in [0.25, 0.3) is 0 Å². The number of nitrogens with one attached hydrogen (secondary N) is 1. The minimum absolute atomic E-state index is 0.278. The largest absolute Gasteiger partial charge is 0.465 e. The smallest absolute Gasteiger partial charge is 0.339 e. The van der Waals surface area contributed by atoms with Crippen molar-refractivity contribution in [2.45, 2.75) is 13.0 Å². The molecule has 1 rings (SSSR count). The third kappa shape index (κ3) is 3.44. The predicted octanol–water partition coefficient (Wildman–Crippen LogP) is 0.698. The van der Waals surface area contributed by atoms with Gasteiger partial charge < -0.3 is 20.9 Å². The molecular formula is C12H18N2O3. The highest BCUT2D eigenvalue weighted by Crippen LogP contribution is 2.19. The average Bonchev–Trinajstić information content (AvgIpc) is 2.35. The number of aliphatic hydroxyl groups excluding tert-OH is 1. The number of benzene rings is 1. The molecule has 0 bridgehead atoms. The molecule has 0 aliphatic rings. The molecule has 0 radical (unpaired) electrons. The number of hydrogen-bond donors (Lipinski definition) is 3. The molecule has 1 aromatic carbocycles. The van der Waals surface area contributed by atoms with E-state index in [0.717, 1.165) is 6.54 Å². The summed E-state index contributed by atoms with van der Waals surface area (Å²) in [5, 5.41) is 12.9. The molecule has 1 unspecified atom stereocenters. The normalized spacial score (nSPS) is 12.2. The number of hydrogen-bond acceptors (Lipinski definition) is 5. The molecule has 94 valence electrons. The summed E-state index contributed by atoms with van der Waals surface area (Å²) < 4.78 is 4.62. The Bertz CT molecular complexity index is 393. The maximum absolute atomic E-state index is 11.4. The van der Waals surface area contributed by atoms with Gasteiger partial charge in [-0.05, 0) is 24.2 Å². The molecule has 0 fully saturated rings. The first-order valence-electron chi connectivity index (χ1n) is 5.46. The van der Waals surface area contributed by atoms with E-state index in [1.807, 2.05) is 6.92 Å². The quantitative estimate of drug-likeness (QED) is 0.519. The van der Waals surface area contributed by atoms with Crippen LogP contribution in [0.15, 0.2) is 18.2 Å². The zero-order valence-electron chi connectivity index (χ0n) is 10.1. The second-order valence-electron chi connectivity index (χ2n) is 3.66. The number of carbonyl (C=O) groups is 1. The van der Waals surface area contributed by atoms with Crippen molar-refractivity contribution in [3.8, 4) is 0 Å². The molecule has 0 aliphatic heterocycles. The van der Waals surface area contributed by atoms with Crippen LogP contribution in [0.25, 0.3) is 0 Å². The third-order valence-electron chi connectivity index (χ3n) is 2.46. The summed E-state index contributed by atoms with van der Waals surface area (Å²) in [6.45, 7) is 3.16. The fourth-order valence-electron chi connectivity index (χ4n) is 1.47. The van der Waals surface area contributed by atoms with Gasteiger partial charge in [0.05, 0.1) is 18.8 Å². The van der Waals surface area contributed by atoms with Crippen LogP contribution in [-0.4, -0.2) is 31.3 Å². The highest BCUT2D eigenvalue weighted by Gasteiger charge is 2.14.